The van der Waals surface area contributed by atoms with Crippen molar-refractivity contribution in [2.45, 2.75) is 26.2 Å². The number of fused-ring (bicyclic) bond motifs is 1. The van der Waals surface area contributed by atoms with E-state index in [2.05, 4.69) is 6.92 Å². The third kappa shape index (κ3) is 5.00. The zero-order valence-corrected chi connectivity index (χ0v) is 20.6. The van der Waals surface area contributed by atoms with Crippen LogP contribution in [0.2, 0.25) is 0 Å². The molecule has 1 saturated carbocycles. The van der Waals surface area contributed by atoms with Gasteiger partial charge in [-0.15, -0.1) is 0 Å². The van der Waals surface area contributed by atoms with E-state index in [-0.39, 0.29) is 46.3 Å². The van der Waals surface area contributed by atoms with Crippen LogP contribution in [0.1, 0.15) is 57.5 Å². The number of amides is 2. The van der Waals surface area contributed by atoms with Crippen LogP contribution in [0, 0.1) is 17.8 Å². The summed E-state index contributed by atoms with van der Waals surface area (Å²) in [6.07, 6.45) is 3.63. The molecule has 2 amide bonds. The lowest BCUT2D eigenvalue weighted by atomic mass is 9.76. The van der Waals surface area contributed by atoms with Crippen molar-refractivity contribution in [1.82, 2.24) is 0 Å². The quantitative estimate of drug-likeness (QED) is 0.196. The van der Waals surface area contributed by atoms with E-state index >= 15 is 0 Å². The number of benzene rings is 2. The van der Waals surface area contributed by atoms with E-state index in [1.165, 1.54) is 53.6 Å². The Labute approximate surface area is 218 Å². The first kappa shape index (κ1) is 25.1. The normalized spacial score (nSPS) is 20.7. The number of hydrogen-bond donors (Lipinski definition) is 0. The zero-order valence-electron chi connectivity index (χ0n) is 20.6. The van der Waals surface area contributed by atoms with Crippen LogP contribution in [-0.4, -0.2) is 36.1 Å². The van der Waals surface area contributed by atoms with Crippen LogP contribution in [-0.2, 0) is 14.3 Å². The standard InChI is InChI=1S/C29H25NO8/c1-17-7-12-22-23(14-17)27(33)30(26(22)32)20-5-2-4-19(15-20)28(34)37-16-24(31)18-8-10-21(11-9-18)38-29(35)25-6-3-13-36-25/h2-6,8-11,13,15,17,22-23H,7,12,14,16H2,1H3. The average molecular weight is 516 g/mol. The van der Waals surface area contributed by atoms with Gasteiger partial charge in [0, 0.05) is 5.56 Å². The van der Waals surface area contributed by atoms with Gasteiger partial charge in [-0.25, -0.2) is 9.59 Å². The van der Waals surface area contributed by atoms with Crippen LogP contribution in [0.25, 0.3) is 0 Å². The molecule has 0 bridgehead atoms. The maximum Gasteiger partial charge on any atom is 0.379 e. The minimum atomic E-state index is -0.755. The number of ketones is 1. The van der Waals surface area contributed by atoms with Crippen molar-refractivity contribution in [2.24, 2.45) is 17.8 Å². The molecule has 2 fully saturated rings. The molecule has 2 heterocycles. The van der Waals surface area contributed by atoms with Gasteiger partial charge in [0.1, 0.15) is 5.75 Å². The number of ether oxygens (including phenoxy) is 2. The molecule has 5 rings (SSSR count). The van der Waals surface area contributed by atoms with Crippen molar-refractivity contribution in [3.63, 3.8) is 0 Å². The predicted molar refractivity (Wildman–Crippen MR) is 134 cm³/mol. The van der Waals surface area contributed by atoms with Gasteiger partial charge in [0.2, 0.25) is 17.6 Å². The average Bonchev–Trinajstić information content (AvgIpc) is 3.55. The Morgan fingerprint density at radius 1 is 0.895 bits per heavy atom. The van der Waals surface area contributed by atoms with Crippen LogP contribution >= 0.6 is 0 Å². The van der Waals surface area contributed by atoms with E-state index in [0.29, 0.717) is 24.4 Å². The fourth-order valence-corrected chi connectivity index (χ4v) is 4.97. The van der Waals surface area contributed by atoms with Gasteiger partial charge in [0.05, 0.1) is 29.3 Å². The van der Waals surface area contributed by atoms with Gasteiger partial charge in [-0.05, 0) is 79.8 Å². The maximum atomic E-state index is 13.0. The van der Waals surface area contributed by atoms with Gasteiger partial charge < -0.3 is 13.9 Å². The summed E-state index contributed by atoms with van der Waals surface area (Å²) >= 11 is 0. The van der Waals surface area contributed by atoms with Crippen molar-refractivity contribution in [3.05, 3.63) is 83.8 Å². The van der Waals surface area contributed by atoms with Crippen molar-refractivity contribution >= 4 is 35.2 Å². The third-order valence-electron chi connectivity index (χ3n) is 6.97. The highest BCUT2D eigenvalue weighted by Crippen LogP contribution is 2.42. The van der Waals surface area contributed by atoms with Gasteiger partial charge in [-0.1, -0.05) is 13.0 Å². The molecule has 0 radical (unpaired) electrons. The number of anilines is 1. The van der Waals surface area contributed by atoms with Gasteiger partial charge in [0.25, 0.3) is 0 Å². The minimum Gasteiger partial charge on any atom is -0.457 e. The number of carbonyl (C=O) groups is 5. The number of imide groups is 1. The number of furan rings is 1. The Morgan fingerprint density at radius 2 is 1.66 bits per heavy atom. The third-order valence-corrected chi connectivity index (χ3v) is 6.97. The monoisotopic (exact) mass is 515 g/mol. The summed E-state index contributed by atoms with van der Waals surface area (Å²) in [4.78, 5) is 64.3. The van der Waals surface area contributed by atoms with E-state index in [0.717, 1.165) is 6.42 Å². The van der Waals surface area contributed by atoms with Gasteiger partial charge in [-0.3, -0.25) is 19.3 Å². The van der Waals surface area contributed by atoms with Crippen LogP contribution < -0.4 is 9.64 Å². The molecule has 0 spiro atoms. The number of nitrogens with zero attached hydrogens (tertiary/aromatic N) is 1. The van der Waals surface area contributed by atoms with Gasteiger partial charge in [-0.2, -0.15) is 0 Å². The van der Waals surface area contributed by atoms with E-state index in [1.807, 2.05) is 0 Å². The van der Waals surface area contributed by atoms with E-state index in [1.54, 1.807) is 18.2 Å². The number of hydrogen-bond acceptors (Lipinski definition) is 8. The Bertz CT molecular complexity index is 1390. The van der Waals surface area contributed by atoms with E-state index in [4.69, 9.17) is 13.9 Å². The smallest absolute Gasteiger partial charge is 0.379 e. The molecule has 1 aliphatic heterocycles. The largest absolute Gasteiger partial charge is 0.457 e. The summed E-state index contributed by atoms with van der Waals surface area (Å²) in [6.45, 7) is 1.57. The SMILES string of the molecule is CC1CCC2C(=O)N(c3cccc(C(=O)OCC(=O)c4ccc(OC(=O)c5ccco5)cc4)c3)C(=O)C2C1. The summed E-state index contributed by atoms with van der Waals surface area (Å²) in [5.41, 5.74) is 0.705. The molecule has 0 N–H and O–H groups in total. The Balaban J connectivity index is 1.19. The summed E-state index contributed by atoms with van der Waals surface area (Å²) in [5, 5.41) is 0. The molecular weight excluding hydrogens is 490 g/mol. The first-order valence-electron chi connectivity index (χ1n) is 12.4. The number of Topliss-reactive ketones (excluding diaryl/α,β-unsaturated/α-hetero) is 1. The Morgan fingerprint density at radius 3 is 2.39 bits per heavy atom. The second-order valence-corrected chi connectivity index (χ2v) is 9.58. The highest BCUT2D eigenvalue weighted by Gasteiger charge is 2.50. The molecule has 9 heteroatoms. The molecular formula is C29H25NO8. The Kier molecular flexibility index (Phi) is 6.91. The molecule has 1 aromatic heterocycles. The predicted octanol–water partition coefficient (Wildman–Crippen LogP) is 4.46. The summed E-state index contributed by atoms with van der Waals surface area (Å²) in [7, 11) is 0. The fourth-order valence-electron chi connectivity index (χ4n) is 4.97. The molecule has 38 heavy (non-hydrogen) atoms. The molecule has 3 aromatic rings. The topological polar surface area (TPSA) is 120 Å². The number of rotatable bonds is 7. The van der Waals surface area contributed by atoms with Crippen molar-refractivity contribution in [1.29, 1.82) is 0 Å². The van der Waals surface area contributed by atoms with Crippen LogP contribution in [0.4, 0.5) is 5.69 Å². The van der Waals surface area contributed by atoms with Crippen LogP contribution in [0.3, 0.4) is 0 Å². The van der Waals surface area contributed by atoms with Crippen molar-refractivity contribution < 1.29 is 37.9 Å². The lowest BCUT2D eigenvalue weighted by molar-refractivity contribution is -0.122. The molecule has 1 aliphatic carbocycles. The molecule has 9 nitrogen and oxygen atoms in total. The first-order valence-corrected chi connectivity index (χ1v) is 12.4. The zero-order chi connectivity index (χ0) is 26.8. The summed E-state index contributed by atoms with van der Waals surface area (Å²) in [5.74, 6) is -2.32. The second-order valence-electron chi connectivity index (χ2n) is 9.58. The van der Waals surface area contributed by atoms with Crippen LogP contribution in [0.15, 0.2) is 71.3 Å². The van der Waals surface area contributed by atoms with Gasteiger partial charge >= 0.3 is 11.9 Å². The van der Waals surface area contributed by atoms with Crippen LogP contribution in [0.5, 0.6) is 5.75 Å². The molecule has 2 aliphatic rings. The number of carbonyl (C=O) groups excluding carboxylic acids is 5. The van der Waals surface area contributed by atoms with Gasteiger partial charge in [0.15, 0.2) is 12.4 Å². The lowest BCUT2D eigenvalue weighted by Crippen LogP contribution is -2.31. The number of esters is 2. The maximum absolute atomic E-state index is 13.0. The minimum absolute atomic E-state index is 0.0487. The summed E-state index contributed by atoms with van der Waals surface area (Å²) in [6, 6.07) is 14.9. The molecule has 194 valence electrons. The first-order chi connectivity index (χ1) is 18.3. The highest BCUT2D eigenvalue weighted by atomic mass is 16.5. The Hall–Kier alpha value is -4.53. The van der Waals surface area contributed by atoms with E-state index < -0.39 is 24.3 Å². The van der Waals surface area contributed by atoms with Crippen molar-refractivity contribution in [2.75, 3.05) is 11.5 Å². The molecule has 3 unspecified atom stereocenters. The molecule has 1 saturated heterocycles. The summed E-state index contributed by atoms with van der Waals surface area (Å²) < 4.78 is 15.3. The molecule has 3 atom stereocenters. The highest BCUT2D eigenvalue weighted by molar-refractivity contribution is 6.22. The van der Waals surface area contributed by atoms with Crippen molar-refractivity contribution in [3.8, 4) is 5.75 Å². The lowest BCUT2D eigenvalue weighted by Gasteiger charge is -2.25. The fraction of sp³-hybridized carbons (Fsp3) is 0.276. The molecule has 2 aromatic carbocycles. The second kappa shape index (κ2) is 10.5. The van der Waals surface area contributed by atoms with E-state index in [9.17, 15) is 24.0 Å².